The van der Waals surface area contributed by atoms with E-state index in [2.05, 4.69) is 10.6 Å². The van der Waals surface area contributed by atoms with Gasteiger partial charge in [-0.25, -0.2) is 0 Å². The summed E-state index contributed by atoms with van der Waals surface area (Å²) in [6.45, 7) is 0.634. The molecule has 3 fully saturated rings. The number of aliphatic hydroxyl groups excluding tert-OH is 6. The molecule has 0 aromatic rings. The van der Waals surface area contributed by atoms with E-state index in [1.807, 2.05) is 0 Å². The number of carbonyl (C=O) groups excluding carboxylic acids is 1. The van der Waals surface area contributed by atoms with Gasteiger partial charge in [-0.15, -0.1) is 0 Å². The van der Waals surface area contributed by atoms with Gasteiger partial charge in [0.1, 0.15) is 60.5 Å². The molecule has 0 aromatic carbocycles. The van der Waals surface area contributed by atoms with Gasteiger partial charge in [-0.05, 0) is 20.4 Å². The molecular formula is C22H43N5O12. The van der Waals surface area contributed by atoms with Crippen LogP contribution in [0.5, 0.6) is 0 Å². The van der Waals surface area contributed by atoms with Crippen molar-refractivity contribution < 1.29 is 59.5 Å². The predicted molar refractivity (Wildman–Crippen MR) is 130 cm³/mol. The van der Waals surface area contributed by atoms with Gasteiger partial charge in [0.05, 0.1) is 18.7 Å². The lowest BCUT2D eigenvalue weighted by molar-refractivity contribution is -0.330. The predicted octanol–water partition coefficient (Wildman–Crippen LogP) is -7.52. The number of hydrogen-bond donors (Lipinski definition) is 12. The van der Waals surface area contributed by atoms with Gasteiger partial charge in [-0.1, -0.05) is 0 Å². The Morgan fingerprint density at radius 2 is 1.67 bits per heavy atom. The molecule has 2 unspecified atom stereocenters. The highest BCUT2D eigenvalue weighted by molar-refractivity contribution is 5.81. The lowest BCUT2D eigenvalue weighted by atomic mass is 9.83. The zero-order valence-electron chi connectivity index (χ0n) is 21.8. The second-order valence-corrected chi connectivity index (χ2v) is 10.5. The summed E-state index contributed by atoms with van der Waals surface area (Å²) in [5, 5.41) is 78.5. The molecule has 2 saturated heterocycles. The van der Waals surface area contributed by atoms with Gasteiger partial charge < -0.3 is 82.5 Å². The third-order valence-corrected chi connectivity index (χ3v) is 7.50. The molecule has 15 atom stereocenters. The smallest absolute Gasteiger partial charge is 0.250 e. The maximum atomic E-state index is 12.4. The van der Waals surface area contributed by atoms with Crippen LogP contribution in [0.4, 0.5) is 0 Å². The van der Waals surface area contributed by atoms with Crippen LogP contribution in [-0.2, 0) is 23.7 Å². The van der Waals surface area contributed by atoms with Gasteiger partial charge in [-0.2, -0.15) is 0 Å². The number of hydrogen-bond acceptors (Lipinski definition) is 16. The molecular weight excluding hydrogens is 526 g/mol. The Kier molecular flexibility index (Phi) is 11.0. The van der Waals surface area contributed by atoms with Crippen molar-refractivity contribution in [3.05, 3.63) is 0 Å². The summed E-state index contributed by atoms with van der Waals surface area (Å²) in [5.74, 6) is -0.857. The minimum Gasteiger partial charge on any atom is -0.388 e. The molecule has 3 rings (SSSR count). The molecule has 39 heavy (non-hydrogen) atoms. The van der Waals surface area contributed by atoms with Gasteiger partial charge in [0.25, 0.3) is 0 Å². The number of rotatable bonds is 9. The van der Waals surface area contributed by atoms with Gasteiger partial charge >= 0.3 is 0 Å². The van der Waals surface area contributed by atoms with Crippen LogP contribution in [0.15, 0.2) is 0 Å². The van der Waals surface area contributed by atoms with Crippen molar-refractivity contribution in [1.82, 2.24) is 10.6 Å². The third-order valence-electron chi connectivity index (χ3n) is 7.50. The molecule has 3 aliphatic rings. The molecule has 17 nitrogen and oxygen atoms in total. The van der Waals surface area contributed by atoms with E-state index in [-0.39, 0.29) is 26.1 Å². The van der Waals surface area contributed by atoms with E-state index in [0.29, 0.717) is 0 Å². The summed E-state index contributed by atoms with van der Waals surface area (Å²) in [6, 6.07) is -2.92. The molecule has 0 spiro atoms. The molecule has 1 aliphatic carbocycles. The van der Waals surface area contributed by atoms with Crippen LogP contribution in [-0.4, -0.2) is 160 Å². The molecule has 2 heterocycles. The van der Waals surface area contributed by atoms with Crippen molar-refractivity contribution >= 4 is 5.91 Å². The van der Waals surface area contributed by atoms with E-state index >= 15 is 0 Å². The van der Waals surface area contributed by atoms with Gasteiger partial charge in [-0.3, -0.25) is 4.79 Å². The second-order valence-electron chi connectivity index (χ2n) is 10.5. The molecule has 1 amide bonds. The third kappa shape index (κ3) is 6.85. The molecule has 228 valence electrons. The van der Waals surface area contributed by atoms with Crippen LogP contribution in [0.2, 0.25) is 0 Å². The molecule has 1 saturated carbocycles. The van der Waals surface area contributed by atoms with Crippen molar-refractivity contribution in [2.45, 2.75) is 105 Å². The summed E-state index contributed by atoms with van der Waals surface area (Å²) in [4.78, 5) is 12.4. The van der Waals surface area contributed by atoms with Gasteiger partial charge in [0.15, 0.2) is 12.6 Å². The van der Waals surface area contributed by atoms with E-state index in [9.17, 15) is 40.5 Å². The van der Waals surface area contributed by atoms with Crippen LogP contribution in [0.25, 0.3) is 0 Å². The Morgan fingerprint density at radius 3 is 2.26 bits per heavy atom. The zero-order valence-corrected chi connectivity index (χ0v) is 21.8. The zero-order chi connectivity index (χ0) is 29.2. The average molecular weight is 570 g/mol. The van der Waals surface area contributed by atoms with Crippen molar-refractivity contribution in [3.8, 4) is 0 Å². The highest BCUT2D eigenvalue weighted by Gasteiger charge is 2.53. The molecule has 15 N–H and O–H groups in total. The lowest BCUT2D eigenvalue weighted by Crippen LogP contribution is -2.70. The number of likely N-dealkylation sites (N-methyl/N-ethyl adjacent to an activating group) is 1. The Balaban J connectivity index is 1.84. The maximum Gasteiger partial charge on any atom is 0.250 e. The van der Waals surface area contributed by atoms with E-state index < -0.39 is 97.1 Å². The van der Waals surface area contributed by atoms with Crippen LogP contribution in [0.3, 0.4) is 0 Å². The van der Waals surface area contributed by atoms with Crippen molar-refractivity contribution in [2.75, 3.05) is 26.7 Å². The quantitative estimate of drug-likeness (QED) is 0.123. The molecule has 2 aliphatic heterocycles. The van der Waals surface area contributed by atoms with Gasteiger partial charge in [0.2, 0.25) is 5.91 Å². The molecule has 17 heteroatoms. The average Bonchev–Trinajstić information content (AvgIpc) is 2.89. The summed E-state index contributed by atoms with van der Waals surface area (Å²) in [7, 11) is 1.52. The van der Waals surface area contributed by atoms with E-state index in [1.165, 1.54) is 14.0 Å². The van der Waals surface area contributed by atoms with Crippen molar-refractivity contribution in [2.24, 2.45) is 17.2 Å². The largest absolute Gasteiger partial charge is 0.388 e. The van der Waals surface area contributed by atoms with Crippen LogP contribution in [0.1, 0.15) is 13.3 Å². The maximum absolute atomic E-state index is 12.4. The van der Waals surface area contributed by atoms with E-state index in [1.54, 1.807) is 0 Å². The number of nitrogens with two attached hydrogens (primary N) is 3. The monoisotopic (exact) mass is 569 g/mol. The first-order chi connectivity index (χ1) is 18.3. The van der Waals surface area contributed by atoms with E-state index in [0.717, 1.165) is 0 Å². The fourth-order valence-electron chi connectivity index (χ4n) is 5.22. The number of ether oxygens (including phenoxy) is 4. The molecule has 0 radical (unpaired) electrons. The topological polar surface area (TPSA) is 298 Å². The highest BCUT2D eigenvalue weighted by Crippen LogP contribution is 2.32. The Labute approximate surface area is 225 Å². The van der Waals surface area contributed by atoms with Gasteiger partial charge in [0, 0.05) is 19.1 Å². The number of carbonyl (C=O) groups is 1. The first kappa shape index (κ1) is 32.4. The summed E-state index contributed by atoms with van der Waals surface area (Å²) < 4.78 is 22.7. The van der Waals surface area contributed by atoms with Crippen molar-refractivity contribution in [1.29, 1.82) is 0 Å². The summed E-state index contributed by atoms with van der Waals surface area (Å²) in [5.41, 5.74) is 15.8. The van der Waals surface area contributed by atoms with E-state index in [4.69, 9.17) is 36.1 Å². The van der Waals surface area contributed by atoms with Crippen LogP contribution in [0, 0.1) is 0 Å². The number of nitrogens with one attached hydrogen (secondary N) is 2. The second kappa shape index (κ2) is 13.2. The van der Waals surface area contributed by atoms with Crippen LogP contribution < -0.4 is 27.8 Å². The molecule has 0 aromatic heterocycles. The van der Waals surface area contributed by atoms with Crippen molar-refractivity contribution in [3.63, 3.8) is 0 Å². The minimum absolute atomic E-state index is 0.0836. The number of amides is 1. The SMILES string of the molecule is CN[C@@H]1[C@@H](O)C(O[C@@H]2[C@@H](O)[C@H](OC3O[C@H](CN)[C@@H](O)[C@H](O)[C@H]3O)[C@@H](N)C[C@H]2NC(=O)[C@@H](O)CN)OC[C@]1(C)O. The fraction of sp³-hybridized carbons (Fsp3) is 0.955. The minimum atomic E-state index is -1.72. The first-order valence-electron chi connectivity index (χ1n) is 12.8. The fourth-order valence-corrected chi connectivity index (χ4v) is 5.22. The highest BCUT2D eigenvalue weighted by atomic mass is 16.7. The summed E-state index contributed by atoms with van der Waals surface area (Å²) in [6.07, 6.45) is -16.3. The Bertz CT molecular complexity index is 811. The number of aliphatic hydroxyl groups is 7. The normalized spacial score (nSPS) is 47.9. The lowest BCUT2D eigenvalue weighted by Gasteiger charge is -2.49. The Morgan fingerprint density at radius 1 is 1.03 bits per heavy atom. The first-order valence-corrected chi connectivity index (χ1v) is 12.8. The van der Waals surface area contributed by atoms with Crippen LogP contribution >= 0.6 is 0 Å². The standard InChI is InChI=1S/C22H43N5O12/c1-22(35)6-36-20(15(33)18(22)26-2)39-17-8(27-19(34)9(28)4-23)3-7(25)16(14(17)32)38-21-13(31)12(30)11(29)10(5-24)37-21/h7-18,20-21,26,28-33,35H,3-6,23-25H2,1-2H3,(H,27,34)/t7-,8+,9-,10+,11+,12-,13+,14-,15+,16+,17-,18+,20?,21?,22-/m0/s1. The molecule has 0 bridgehead atoms. The Hall–Kier alpha value is -1.13. The summed E-state index contributed by atoms with van der Waals surface area (Å²) >= 11 is 0.